The fraction of sp³-hybridized carbons (Fsp3) is 0.500. The van der Waals surface area contributed by atoms with E-state index >= 15 is 0 Å². The third kappa shape index (κ3) is 3.90. The molecule has 0 amide bonds. The maximum absolute atomic E-state index is 5.58. The van der Waals surface area contributed by atoms with Crippen molar-refractivity contribution in [3.63, 3.8) is 0 Å². The first-order valence-corrected chi connectivity index (χ1v) is 6.70. The maximum Gasteiger partial charge on any atom is 0.188 e. The molecule has 0 atom stereocenters. The van der Waals surface area contributed by atoms with E-state index < -0.39 is 0 Å². The van der Waals surface area contributed by atoms with Crippen LogP contribution in [0.15, 0.2) is 18.2 Å². The SMILES string of the molecule is CC/C=C/Cc1cc(OCOC)c(OC)c(C)c1OC. The summed E-state index contributed by atoms with van der Waals surface area (Å²) >= 11 is 0. The van der Waals surface area contributed by atoms with E-state index in [1.54, 1.807) is 21.3 Å². The van der Waals surface area contributed by atoms with Crippen LogP contribution in [0.3, 0.4) is 0 Å². The summed E-state index contributed by atoms with van der Waals surface area (Å²) < 4.78 is 21.5. The molecule has 1 rings (SSSR count). The standard InChI is InChI=1S/C16H24O4/c1-6-7-8-9-13-10-14(20-11-17-3)16(19-5)12(2)15(13)18-4/h7-8,10H,6,9,11H2,1-5H3/b8-7+. The van der Waals surface area contributed by atoms with E-state index in [2.05, 4.69) is 19.1 Å². The van der Waals surface area contributed by atoms with Crippen LogP contribution in [0.2, 0.25) is 0 Å². The maximum atomic E-state index is 5.58. The zero-order chi connectivity index (χ0) is 15.0. The van der Waals surface area contributed by atoms with Crippen LogP contribution in [-0.4, -0.2) is 28.1 Å². The molecule has 0 bridgehead atoms. The second-order valence-electron chi connectivity index (χ2n) is 4.36. The summed E-state index contributed by atoms with van der Waals surface area (Å²) in [6.07, 6.45) is 6.08. The lowest BCUT2D eigenvalue weighted by atomic mass is 10.0. The molecule has 1 aromatic carbocycles. The molecule has 0 aliphatic heterocycles. The first-order chi connectivity index (χ1) is 9.69. The molecule has 0 N–H and O–H groups in total. The highest BCUT2D eigenvalue weighted by Crippen LogP contribution is 2.40. The van der Waals surface area contributed by atoms with Crippen LogP contribution in [0.4, 0.5) is 0 Å². The number of rotatable bonds is 8. The summed E-state index contributed by atoms with van der Waals surface area (Å²) in [5.74, 6) is 2.20. The van der Waals surface area contributed by atoms with Crippen molar-refractivity contribution in [1.29, 1.82) is 0 Å². The third-order valence-electron chi connectivity index (χ3n) is 2.98. The molecule has 0 spiro atoms. The quantitative estimate of drug-likeness (QED) is 0.539. The number of hydrogen-bond donors (Lipinski definition) is 0. The summed E-state index contributed by atoms with van der Waals surface area (Å²) in [5, 5.41) is 0. The minimum Gasteiger partial charge on any atom is -0.496 e. The minimum absolute atomic E-state index is 0.187. The van der Waals surface area contributed by atoms with Gasteiger partial charge in [0.2, 0.25) is 0 Å². The highest BCUT2D eigenvalue weighted by Gasteiger charge is 2.17. The van der Waals surface area contributed by atoms with Gasteiger partial charge in [0.1, 0.15) is 5.75 Å². The van der Waals surface area contributed by atoms with E-state index in [-0.39, 0.29) is 6.79 Å². The fourth-order valence-corrected chi connectivity index (χ4v) is 2.11. The average molecular weight is 280 g/mol. The molecule has 4 heteroatoms. The lowest BCUT2D eigenvalue weighted by Gasteiger charge is -2.18. The smallest absolute Gasteiger partial charge is 0.188 e. The van der Waals surface area contributed by atoms with Crippen LogP contribution in [0.5, 0.6) is 17.2 Å². The van der Waals surface area contributed by atoms with Gasteiger partial charge >= 0.3 is 0 Å². The van der Waals surface area contributed by atoms with E-state index in [0.29, 0.717) is 11.5 Å². The predicted molar refractivity (Wildman–Crippen MR) is 79.9 cm³/mol. The molecule has 0 radical (unpaired) electrons. The molecule has 0 saturated heterocycles. The van der Waals surface area contributed by atoms with Crippen molar-refractivity contribution in [2.24, 2.45) is 0 Å². The van der Waals surface area contributed by atoms with E-state index in [9.17, 15) is 0 Å². The van der Waals surface area contributed by atoms with Crippen molar-refractivity contribution in [2.45, 2.75) is 26.7 Å². The number of hydrogen-bond acceptors (Lipinski definition) is 4. The molecule has 0 unspecified atom stereocenters. The third-order valence-corrected chi connectivity index (χ3v) is 2.98. The van der Waals surface area contributed by atoms with Crippen LogP contribution in [-0.2, 0) is 11.2 Å². The van der Waals surface area contributed by atoms with E-state index in [0.717, 1.165) is 29.7 Å². The molecule has 112 valence electrons. The Balaban J connectivity index is 3.20. The monoisotopic (exact) mass is 280 g/mol. The lowest BCUT2D eigenvalue weighted by Crippen LogP contribution is -2.04. The summed E-state index contributed by atoms with van der Waals surface area (Å²) in [7, 11) is 4.89. The Labute approximate surface area is 121 Å². The Morgan fingerprint density at radius 3 is 2.30 bits per heavy atom. The van der Waals surface area contributed by atoms with Gasteiger partial charge in [-0.1, -0.05) is 19.1 Å². The van der Waals surface area contributed by atoms with Crippen LogP contribution >= 0.6 is 0 Å². The van der Waals surface area contributed by atoms with E-state index in [1.807, 2.05) is 13.0 Å². The van der Waals surface area contributed by atoms with Crippen LogP contribution in [0.1, 0.15) is 24.5 Å². The highest BCUT2D eigenvalue weighted by molar-refractivity contribution is 5.57. The Bertz CT molecular complexity index is 452. The molecule has 0 aliphatic rings. The highest BCUT2D eigenvalue weighted by atomic mass is 16.7. The summed E-state index contributed by atoms with van der Waals surface area (Å²) in [6.45, 7) is 4.26. The Morgan fingerprint density at radius 1 is 1.05 bits per heavy atom. The average Bonchev–Trinajstić information content (AvgIpc) is 2.45. The molecule has 1 aromatic rings. The van der Waals surface area contributed by atoms with Gasteiger partial charge in [-0.05, 0) is 25.8 Å². The Hall–Kier alpha value is -1.68. The van der Waals surface area contributed by atoms with E-state index in [4.69, 9.17) is 18.9 Å². The first-order valence-electron chi connectivity index (χ1n) is 6.70. The molecule has 0 aromatic heterocycles. The molecule has 0 fully saturated rings. The number of benzene rings is 1. The molecular weight excluding hydrogens is 256 g/mol. The zero-order valence-electron chi connectivity index (χ0n) is 13.0. The topological polar surface area (TPSA) is 36.9 Å². The van der Waals surface area contributed by atoms with Gasteiger partial charge in [-0.15, -0.1) is 0 Å². The molecule has 0 heterocycles. The van der Waals surface area contributed by atoms with Gasteiger partial charge in [0.25, 0.3) is 0 Å². The van der Waals surface area contributed by atoms with Gasteiger partial charge < -0.3 is 18.9 Å². The van der Waals surface area contributed by atoms with Crippen molar-refractivity contribution in [1.82, 2.24) is 0 Å². The number of methoxy groups -OCH3 is 3. The second kappa shape index (κ2) is 8.48. The van der Waals surface area contributed by atoms with Gasteiger partial charge in [-0.3, -0.25) is 0 Å². The van der Waals surface area contributed by atoms with Gasteiger partial charge in [0.05, 0.1) is 14.2 Å². The van der Waals surface area contributed by atoms with Gasteiger partial charge in [0, 0.05) is 18.2 Å². The van der Waals surface area contributed by atoms with Crippen LogP contribution < -0.4 is 14.2 Å². The van der Waals surface area contributed by atoms with Crippen molar-refractivity contribution in [3.8, 4) is 17.2 Å². The Morgan fingerprint density at radius 2 is 1.75 bits per heavy atom. The minimum atomic E-state index is 0.187. The Kier molecular flexibility index (Phi) is 6.94. The molecular formula is C16H24O4. The zero-order valence-corrected chi connectivity index (χ0v) is 13.0. The summed E-state index contributed by atoms with van der Waals surface area (Å²) in [6, 6.07) is 1.95. The molecule has 0 saturated carbocycles. The number of ether oxygens (including phenoxy) is 4. The number of allylic oxidation sites excluding steroid dienone is 2. The normalized spacial score (nSPS) is 10.8. The largest absolute Gasteiger partial charge is 0.496 e. The van der Waals surface area contributed by atoms with Crippen LogP contribution in [0.25, 0.3) is 0 Å². The van der Waals surface area contributed by atoms with E-state index in [1.165, 1.54) is 0 Å². The molecule has 20 heavy (non-hydrogen) atoms. The summed E-state index contributed by atoms with van der Waals surface area (Å²) in [4.78, 5) is 0. The molecule has 0 aliphatic carbocycles. The van der Waals surface area contributed by atoms with Crippen molar-refractivity contribution >= 4 is 0 Å². The predicted octanol–water partition coefficient (Wildman–Crippen LogP) is 3.50. The van der Waals surface area contributed by atoms with Crippen molar-refractivity contribution < 1.29 is 18.9 Å². The van der Waals surface area contributed by atoms with Crippen molar-refractivity contribution in [3.05, 3.63) is 29.3 Å². The molecule has 4 nitrogen and oxygen atoms in total. The van der Waals surface area contributed by atoms with Crippen LogP contribution in [0, 0.1) is 6.92 Å². The van der Waals surface area contributed by atoms with Gasteiger partial charge in [-0.2, -0.15) is 0 Å². The van der Waals surface area contributed by atoms with Gasteiger partial charge in [0.15, 0.2) is 18.3 Å². The fourth-order valence-electron chi connectivity index (χ4n) is 2.11. The summed E-state index contributed by atoms with van der Waals surface area (Å²) in [5.41, 5.74) is 2.00. The lowest BCUT2D eigenvalue weighted by molar-refractivity contribution is 0.0490. The first kappa shape index (κ1) is 16.4. The van der Waals surface area contributed by atoms with Gasteiger partial charge in [-0.25, -0.2) is 0 Å². The second-order valence-corrected chi connectivity index (χ2v) is 4.36. The van der Waals surface area contributed by atoms with Crippen molar-refractivity contribution in [2.75, 3.05) is 28.1 Å².